The van der Waals surface area contributed by atoms with Gasteiger partial charge in [-0.05, 0) is 24.3 Å². The summed E-state index contributed by atoms with van der Waals surface area (Å²) < 4.78 is 0. The maximum absolute atomic E-state index is 12.3. The Kier molecular flexibility index (Phi) is 3.65. The fourth-order valence-electron chi connectivity index (χ4n) is 2.28. The second-order valence-corrected chi connectivity index (χ2v) is 5.22. The number of aliphatic hydroxyl groups is 1. The third kappa shape index (κ3) is 2.58. The second kappa shape index (κ2) is 5.61. The molecule has 0 radical (unpaired) electrons. The zero-order valence-electron chi connectivity index (χ0n) is 11.3. The van der Waals surface area contributed by atoms with Gasteiger partial charge >= 0.3 is 0 Å². The molecule has 1 aliphatic carbocycles. The zero-order valence-corrected chi connectivity index (χ0v) is 12.0. The van der Waals surface area contributed by atoms with Crippen molar-refractivity contribution in [2.24, 2.45) is 10.9 Å². The number of fused-ring (bicyclic) bond motifs is 1. The highest BCUT2D eigenvalue weighted by molar-refractivity contribution is 6.31. The molecule has 3 rings (SSSR count). The van der Waals surface area contributed by atoms with E-state index < -0.39 is 17.7 Å². The molecule has 1 aliphatic heterocycles. The molecule has 0 saturated heterocycles. The Morgan fingerprint density at radius 3 is 2.91 bits per heavy atom. The van der Waals surface area contributed by atoms with Gasteiger partial charge in [-0.15, -0.1) is 0 Å². The summed E-state index contributed by atoms with van der Waals surface area (Å²) in [6.45, 7) is 0. The van der Waals surface area contributed by atoms with E-state index in [9.17, 15) is 14.7 Å². The molecule has 1 aromatic rings. The van der Waals surface area contributed by atoms with Gasteiger partial charge in [0.05, 0.1) is 11.6 Å². The van der Waals surface area contributed by atoms with Crippen LogP contribution >= 0.6 is 11.6 Å². The van der Waals surface area contributed by atoms with Crippen molar-refractivity contribution in [2.75, 3.05) is 5.32 Å². The summed E-state index contributed by atoms with van der Waals surface area (Å²) in [6.07, 6.45) is 6.74. The first-order chi connectivity index (χ1) is 10.6. The third-order valence-corrected chi connectivity index (χ3v) is 3.54. The molecular formula is C16H11ClN2O3. The van der Waals surface area contributed by atoms with E-state index in [0.717, 1.165) is 0 Å². The third-order valence-electron chi connectivity index (χ3n) is 3.31. The van der Waals surface area contributed by atoms with Gasteiger partial charge in [0.15, 0.2) is 0 Å². The number of aliphatic hydroxyl groups excluding tert-OH is 1. The second-order valence-electron chi connectivity index (χ2n) is 4.79. The number of anilines is 1. The number of dihydropyridines is 1. The Bertz CT molecular complexity index is 790. The molecule has 1 heterocycles. The number of allylic oxidation sites excluding steroid dienone is 4. The first-order valence-corrected chi connectivity index (χ1v) is 6.92. The van der Waals surface area contributed by atoms with Crippen LogP contribution in [0.5, 0.6) is 0 Å². The van der Waals surface area contributed by atoms with E-state index in [-0.39, 0.29) is 11.3 Å². The van der Waals surface area contributed by atoms with Crippen LogP contribution in [0.4, 0.5) is 5.69 Å². The molecule has 1 unspecified atom stereocenters. The molecule has 22 heavy (non-hydrogen) atoms. The summed E-state index contributed by atoms with van der Waals surface area (Å²) >= 11 is 5.84. The highest BCUT2D eigenvalue weighted by atomic mass is 35.5. The molecule has 0 fully saturated rings. The van der Waals surface area contributed by atoms with E-state index in [1.165, 1.54) is 0 Å². The number of nitrogens with zero attached hydrogens (tertiary/aromatic N) is 1. The monoisotopic (exact) mass is 314 g/mol. The molecule has 110 valence electrons. The SMILES string of the molecule is O=C1N=C2C=CC=CC2C(O)=C1C(=O)Nc1cccc(Cl)c1. The zero-order chi connectivity index (χ0) is 15.7. The van der Waals surface area contributed by atoms with Crippen LogP contribution < -0.4 is 5.32 Å². The van der Waals surface area contributed by atoms with Gasteiger partial charge in [-0.3, -0.25) is 9.59 Å². The van der Waals surface area contributed by atoms with Crippen molar-refractivity contribution in [3.63, 3.8) is 0 Å². The molecule has 5 nitrogen and oxygen atoms in total. The van der Waals surface area contributed by atoms with Crippen LogP contribution in [0, 0.1) is 5.92 Å². The Labute approximate surface area is 131 Å². The normalized spacial score (nSPS) is 19.8. The Morgan fingerprint density at radius 2 is 2.14 bits per heavy atom. The number of nitrogens with one attached hydrogen (secondary N) is 1. The predicted molar refractivity (Wildman–Crippen MR) is 83.9 cm³/mol. The van der Waals surface area contributed by atoms with Crippen LogP contribution in [0.2, 0.25) is 5.02 Å². The molecule has 6 heteroatoms. The average molecular weight is 315 g/mol. The minimum Gasteiger partial charge on any atom is -0.510 e. The van der Waals surface area contributed by atoms with Gasteiger partial charge < -0.3 is 10.4 Å². The van der Waals surface area contributed by atoms with Crippen LogP contribution in [-0.4, -0.2) is 22.6 Å². The van der Waals surface area contributed by atoms with E-state index in [2.05, 4.69) is 10.3 Å². The molecular weight excluding hydrogens is 304 g/mol. The van der Waals surface area contributed by atoms with Crippen molar-refractivity contribution in [2.45, 2.75) is 0 Å². The molecule has 0 spiro atoms. The highest BCUT2D eigenvalue weighted by Crippen LogP contribution is 2.26. The average Bonchev–Trinajstić information content (AvgIpc) is 2.47. The number of benzene rings is 1. The van der Waals surface area contributed by atoms with Crippen molar-refractivity contribution in [1.29, 1.82) is 0 Å². The lowest BCUT2D eigenvalue weighted by atomic mass is 9.90. The first kappa shape index (κ1) is 14.3. The van der Waals surface area contributed by atoms with Gasteiger partial charge in [0, 0.05) is 10.7 Å². The van der Waals surface area contributed by atoms with Crippen molar-refractivity contribution in [3.05, 3.63) is 64.9 Å². The molecule has 1 atom stereocenters. The van der Waals surface area contributed by atoms with Gasteiger partial charge in [-0.2, -0.15) is 0 Å². The van der Waals surface area contributed by atoms with Crippen molar-refractivity contribution in [3.8, 4) is 0 Å². The standard InChI is InChI=1S/C16H11ClN2O3/c17-9-4-3-5-10(8-9)18-15(21)13-14(20)11-6-1-2-7-12(11)19-16(13)22/h1-8,11,20H,(H,18,21). The van der Waals surface area contributed by atoms with Gasteiger partial charge in [0.2, 0.25) is 0 Å². The highest BCUT2D eigenvalue weighted by Gasteiger charge is 2.33. The Hall–Kier alpha value is -2.66. The van der Waals surface area contributed by atoms with Crippen LogP contribution in [-0.2, 0) is 9.59 Å². The lowest BCUT2D eigenvalue weighted by molar-refractivity contribution is -0.119. The van der Waals surface area contributed by atoms with Crippen LogP contribution in [0.3, 0.4) is 0 Å². The lowest BCUT2D eigenvalue weighted by Gasteiger charge is -2.21. The number of carbonyl (C=O) groups is 2. The first-order valence-electron chi connectivity index (χ1n) is 6.54. The molecule has 0 aromatic heterocycles. The van der Waals surface area contributed by atoms with Gasteiger partial charge in [-0.25, -0.2) is 4.99 Å². The van der Waals surface area contributed by atoms with Crippen molar-refractivity contribution in [1.82, 2.24) is 0 Å². The Morgan fingerprint density at radius 1 is 1.32 bits per heavy atom. The lowest BCUT2D eigenvalue weighted by Crippen LogP contribution is -2.30. The van der Waals surface area contributed by atoms with Gasteiger partial charge in [0.25, 0.3) is 11.8 Å². The summed E-state index contributed by atoms with van der Waals surface area (Å²) in [5, 5.41) is 13.2. The molecule has 0 saturated carbocycles. The van der Waals surface area contributed by atoms with E-state index in [1.54, 1.807) is 48.6 Å². The van der Waals surface area contributed by atoms with Gasteiger partial charge in [0.1, 0.15) is 11.3 Å². The van der Waals surface area contributed by atoms with E-state index >= 15 is 0 Å². The molecule has 2 N–H and O–H groups in total. The number of hydrogen-bond donors (Lipinski definition) is 2. The summed E-state index contributed by atoms with van der Waals surface area (Å²) in [7, 11) is 0. The van der Waals surface area contributed by atoms with Crippen molar-refractivity contribution < 1.29 is 14.7 Å². The molecule has 2 aliphatic rings. The number of hydrogen-bond acceptors (Lipinski definition) is 3. The molecule has 1 aromatic carbocycles. The minimum atomic E-state index is -0.761. The number of halogens is 1. The molecule has 2 amide bonds. The fraction of sp³-hybridized carbons (Fsp3) is 0.0625. The Balaban J connectivity index is 1.90. The quantitative estimate of drug-likeness (QED) is 0.824. The summed E-state index contributed by atoms with van der Waals surface area (Å²) in [5.41, 5.74) is 0.498. The maximum atomic E-state index is 12.3. The van der Waals surface area contributed by atoms with Crippen LogP contribution in [0.15, 0.2) is 64.9 Å². The summed E-state index contributed by atoms with van der Waals surface area (Å²) in [6, 6.07) is 6.50. The van der Waals surface area contributed by atoms with Crippen LogP contribution in [0.25, 0.3) is 0 Å². The van der Waals surface area contributed by atoms with E-state index in [1.807, 2.05) is 0 Å². The van der Waals surface area contributed by atoms with Crippen molar-refractivity contribution >= 4 is 34.8 Å². The summed E-state index contributed by atoms with van der Waals surface area (Å²) in [4.78, 5) is 28.1. The predicted octanol–water partition coefficient (Wildman–Crippen LogP) is 2.81. The number of carbonyl (C=O) groups excluding carboxylic acids is 2. The number of rotatable bonds is 2. The smallest absolute Gasteiger partial charge is 0.286 e. The topological polar surface area (TPSA) is 78.8 Å². The summed E-state index contributed by atoms with van der Waals surface area (Å²) in [5.74, 6) is -2.34. The maximum Gasteiger partial charge on any atom is 0.286 e. The fourth-order valence-corrected chi connectivity index (χ4v) is 2.47. The van der Waals surface area contributed by atoms with E-state index in [0.29, 0.717) is 16.4 Å². The van der Waals surface area contributed by atoms with Gasteiger partial charge in [-0.1, -0.05) is 35.9 Å². The largest absolute Gasteiger partial charge is 0.510 e. The van der Waals surface area contributed by atoms with Crippen LogP contribution in [0.1, 0.15) is 0 Å². The minimum absolute atomic E-state index is 0.296. The van der Waals surface area contributed by atoms with E-state index in [4.69, 9.17) is 11.6 Å². The number of amides is 2. The molecule has 0 bridgehead atoms. The number of aliphatic imine (C=N–C) groups is 1.